The molecule has 0 heterocycles. The molecule has 0 radical (unpaired) electrons. The lowest BCUT2D eigenvalue weighted by Gasteiger charge is -2.41. The van der Waals surface area contributed by atoms with Crippen LogP contribution in [0.4, 0.5) is 13.2 Å². The van der Waals surface area contributed by atoms with E-state index in [1.807, 2.05) is 0 Å². The largest absolute Gasteiger partial charge is 0.788 e. The Balaban J connectivity index is 0.000000494. The Labute approximate surface area is 225 Å². The predicted octanol–water partition coefficient (Wildman–Crippen LogP) is 7.24. The molecule has 0 bridgehead atoms. The van der Waals surface area contributed by atoms with Gasteiger partial charge in [0.2, 0.25) is 0 Å². The van der Waals surface area contributed by atoms with Crippen molar-refractivity contribution in [1.29, 1.82) is 0 Å². The van der Waals surface area contributed by atoms with Crippen LogP contribution in [0, 0.1) is 23.5 Å². The van der Waals surface area contributed by atoms with E-state index in [9.17, 15) is 13.2 Å². The Bertz CT molecular complexity index is 1060. The van der Waals surface area contributed by atoms with Gasteiger partial charge in [0.05, 0.1) is 21.1 Å². The zero-order chi connectivity index (χ0) is 27.4. The summed E-state index contributed by atoms with van der Waals surface area (Å²) in [5.74, 6) is -0.453. The Morgan fingerprint density at radius 2 is 1.29 bits per heavy atom. The topological polar surface area (TPSA) is 27.7 Å². The highest BCUT2D eigenvalue weighted by Crippen LogP contribution is 2.33. The fraction of sp³-hybridized carbons (Fsp3) is 0.400. The molecule has 0 aromatic heterocycles. The van der Waals surface area contributed by atoms with Crippen molar-refractivity contribution in [2.24, 2.45) is 0 Å². The molecule has 4 rings (SSSR count). The molecule has 0 saturated heterocycles. The summed E-state index contributed by atoms with van der Waals surface area (Å²) in [4.78, 5) is 0. The maximum atomic E-state index is 13.7. The highest BCUT2D eigenvalue weighted by atomic mass is 19.1. The predicted molar refractivity (Wildman–Crippen MR) is 144 cm³/mol. The lowest BCUT2D eigenvalue weighted by molar-refractivity contribution is -0.877. The summed E-state index contributed by atoms with van der Waals surface area (Å²) in [7, 11) is 5.29. The van der Waals surface area contributed by atoms with Gasteiger partial charge in [0.15, 0.2) is 0 Å². The molecule has 0 N–H and O–H groups in total. The summed E-state index contributed by atoms with van der Waals surface area (Å²) in [5.41, 5.74) is -0.454. The van der Waals surface area contributed by atoms with Crippen LogP contribution in [-0.2, 0) is 4.65 Å². The minimum absolute atomic E-state index is 0.234. The molecule has 3 aromatic carbocycles. The highest BCUT2D eigenvalue weighted by molar-refractivity contribution is 6.38. The molecule has 3 aromatic rings. The summed E-state index contributed by atoms with van der Waals surface area (Å²) in [6.07, 6.45) is 7.48. The molecule has 38 heavy (non-hydrogen) atoms. The molecule has 0 aliphatic heterocycles. The van der Waals surface area contributed by atoms with Gasteiger partial charge < -0.3 is 18.4 Å². The number of hydrogen-bond donors (Lipinski definition) is 0. The lowest BCUT2D eigenvalue weighted by Crippen LogP contribution is -2.55. The van der Waals surface area contributed by atoms with Crippen molar-refractivity contribution >= 4 is 7.32 Å². The number of likely N-dealkylation sites (N-methyl/N-ethyl adjacent to an activating group) is 1. The maximum absolute atomic E-state index is 13.7. The monoisotopic (exact) mass is 527 g/mol. The highest BCUT2D eigenvalue weighted by Gasteiger charge is 2.44. The van der Waals surface area contributed by atoms with Crippen LogP contribution in [0.1, 0.15) is 44.9 Å². The van der Waals surface area contributed by atoms with Gasteiger partial charge in [-0.05, 0) is 37.1 Å². The first-order valence-corrected chi connectivity index (χ1v) is 13.1. The fourth-order valence-corrected chi connectivity index (χ4v) is 4.68. The first-order chi connectivity index (χ1) is 18.1. The van der Waals surface area contributed by atoms with Gasteiger partial charge in [-0.1, -0.05) is 44.2 Å². The number of benzene rings is 3. The zero-order valence-corrected chi connectivity index (χ0v) is 22.5. The summed E-state index contributed by atoms with van der Waals surface area (Å²) < 4.78 is 58.5. The SMILES string of the molecule is C[N+](C)(C)CC1(OB(Oc2cccc(F)c2)Oc2cccc(F)c2)CCCCCCC1.Fc1c[c-]ccc1. The van der Waals surface area contributed by atoms with Crippen molar-refractivity contribution in [1.82, 2.24) is 0 Å². The third kappa shape index (κ3) is 10.8. The molecule has 1 saturated carbocycles. The van der Waals surface area contributed by atoms with E-state index in [4.69, 9.17) is 14.0 Å². The summed E-state index contributed by atoms with van der Waals surface area (Å²) in [6.45, 7) is 0.780. The van der Waals surface area contributed by atoms with E-state index in [1.165, 1.54) is 55.7 Å². The van der Waals surface area contributed by atoms with E-state index in [-0.39, 0.29) is 5.82 Å². The van der Waals surface area contributed by atoms with Gasteiger partial charge >= 0.3 is 7.32 Å². The van der Waals surface area contributed by atoms with E-state index in [2.05, 4.69) is 27.2 Å². The quantitative estimate of drug-likeness (QED) is 0.176. The van der Waals surface area contributed by atoms with Crippen LogP contribution in [0.5, 0.6) is 11.5 Å². The molecule has 1 aliphatic rings. The van der Waals surface area contributed by atoms with Crippen LogP contribution in [-0.4, -0.2) is 45.1 Å². The first kappa shape index (κ1) is 29.6. The second-order valence-electron chi connectivity index (χ2n) is 10.7. The molecule has 4 nitrogen and oxygen atoms in total. The van der Waals surface area contributed by atoms with Crippen LogP contribution in [0.15, 0.2) is 72.8 Å². The smallest absolute Gasteiger partial charge is 0.501 e. The second-order valence-corrected chi connectivity index (χ2v) is 10.7. The standard InChI is InChI=1S/C24H33BF2NO3.C6H4F/c1-28(2,3)19-24(15-7-5-4-6-8-16-24)31-25(29-22-13-9-11-20(26)17-22)30-23-14-10-12-21(27)18-23;7-6-4-2-1-3-5-6/h9-14,17-18H,4-8,15-16,19H2,1-3H3;1-2,4-5H/q+1;-1. The molecular weight excluding hydrogens is 490 g/mol. The van der Waals surface area contributed by atoms with Crippen molar-refractivity contribution in [3.63, 3.8) is 0 Å². The summed E-state index contributed by atoms with van der Waals surface area (Å²) in [5, 5.41) is 0. The fourth-order valence-electron chi connectivity index (χ4n) is 4.68. The minimum Gasteiger partial charge on any atom is -0.501 e. The molecule has 204 valence electrons. The first-order valence-electron chi connectivity index (χ1n) is 13.1. The number of hydrogen-bond acceptors (Lipinski definition) is 3. The number of nitrogens with zero attached hydrogens (tertiary/aromatic N) is 1. The Hall–Kier alpha value is -2.97. The van der Waals surface area contributed by atoms with Crippen molar-refractivity contribution in [3.8, 4) is 11.5 Å². The van der Waals surface area contributed by atoms with E-state index < -0.39 is 24.6 Å². The summed E-state index contributed by atoms with van der Waals surface area (Å²) >= 11 is 0. The van der Waals surface area contributed by atoms with Crippen LogP contribution in [0.3, 0.4) is 0 Å². The van der Waals surface area contributed by atoms with Gasteiger partial charge in [0, 0.05) is 17.9 Å². The lowest BCUT2D eigenvalue weighted by atomic mass is 9.84. The molecule has 0 amide bonds. The average molecular weight is 527 g/mol. The van der Waals surface area contributed by atoms with Crippen LogP contribution in [0.25, 0.3) is 0 Å². The van der Waals surface area contributed by atoms with Crippen molar-refractivity contribution in [2.75, 3.05) is 27.7 Å². The molecule has 1 aliphatic carbocycles. The van der Waals surface area contributed by atoms with E-state index in [0.717, 1.165) is 36.7 Å². The van der Waals surface area contributed by atoms with Gasteiger partial charge in [-0.3, -0.25) is 4.39 Å². The molecule has 0 spiro atoms. The van der Waals surface area contributed by atoms with Crippen LogP contribution < -0.4 is 9.31 Å². The molecular formula is C30H37BF3NO3. The molecule has 8 heteroatoms. The van der Waals surface area contributed by atoms with Crippen molar-refractivity contribution in [2.45, 2.75) is 50.5 Å². The van der Waals surface area contributed by atoms with Crippen LogP contribution in [0.2, 0.25) is 0 Å². The minimum atomic E-state index is -1.13. The normalized spacial score (nSPS) is 15.3. The number of rotatable bonds is 8. The van der Waals surface area contributed by atoms with Gasteiger partial charge in [-0.15, -0.1) is 12.1 Å². The van der Waals surface area contributed by atoms with E-state index >= 15 is 0 Å². The maximum Gasteiger partial charge on any atom is 0.788 e. The second kappa shape index (κ2) is 14.3. The van der Waals surface area contributed by atoms with E-state index in [1.54, 1.807) is 36.4 Å². The van der Waals surface area contributed by atoms with Gasteiger partial charge in [-0.25, -0.2) is 8.78 Å². The summed E-state index contributed by atoms with van der Waals surface area (Å²) in [6, 6.07) is 20.2. The molecule has 1 fully saturated rings. The van der Waals surface area contributed by atoms with Gasteiger partial charge in [-0.2, -0.15) is 18.2 Å². The Morgan fingerprint density at radius 1 is 0.763 bits per heavy atom. The molecule has 0 atom stereocenters. The zero-order valence-electron chi connectivity index (χ0n) is 22.5. The number of halogens is 3. The van der Waals surface area contributed by atoms with Crippen LogP contribution >= 0.6 is 0 Å². The average Bonchev–Trinajstić information content (AvgIpc) is 2.82. The Morgan fingerprint density at radius 3 is 1.71 bits per heavy atom. The third-order valence-corrected chi connectivity index (χ3v) is 6.10. The van der Waals surface area contributed by atoms with Gasteiger partial charge in [0.1, 0.15) is 35.3 Å². The van der Waals surface area contributed by atoms with Gasteiger partial charge in [0.25, 0.3) is 0 Å². The number of quaternary nitrogens is 1. The van der Waals surface area contributed by atoms with Crippen molar-refractivity contribution in [3.05, 3.63) is 96.3 Å². The van der Waals surface area contributed by atoms with E-state index in [0.29, 0.717) is 11.5 Å². The Kier molecular flexibility index (Phi) is 11.1. The van der Waals surface area contributed by atoms with Crippen molar-refractivity contribution < 1.29 is 31.6 Å². The molecule has 0 unspecified atom stereocenters. The third-order valence-electron chi connectivity index (χ3n) is 6.10.